The zero-order valence-electron chi connectivity index (χ0n) is 15.5. The molecule has 4 rings (SSSR count). The lowest BCUT2D eigenvalue weighted by Crippen LogP contribution is -2.44. The van der Waals surface area contributed by atoms with Crippen LogP contribution in [0.3, 0.4) is 0 Å². The summed E-state index contributed by atoms with van der Waals surface area (Å²) >= 11 is 6.26. The third-order valence-electron chi connectivity index (χ3n) is 5.02. The number of halogens is 1. The standard InChI is InChI=1S/C21H18ClN3O4/c1-11-2-5-18(15(22)8-11)25-7-6-17(21(25)29)24-20(28)19(27)14-10-23-16-4-3-12(26)9-13(14)16/h2-5,8-10,17,23,26H,6-7H2,1H3,(H,24,28). The van der Waals surface area contributed by atoms with Gasteiger partial charge >= 0.3 is 0 Å². The fraction of sp³-hybridized carbons (Fsp3) is 0.190. The monoisotopic (exact) mass is 411 g/mol. The Labute approximate surface area is 171 Å². The second-order valence-electron chi connectivity index (χ2n) is 7.02. The van der Waals surface area contributed by atoms with Crippen LogP contribution in [0.15, 0.2) is 42.6 Å². The first-order valence-corrected chi connectivity index (χ1v) is 9.46. The van der Waals surface area contributed by atoms with Gasteiger partial charge in [0.25, 0.3) is 11.7 Å². The van der Waals surface area contributed by atoms with Gasteiger partial charge in [0.1, 0.15) is 11.8 Å². The molecule has 1 unspecified atom stereocenters. The van der Waals surface area contributed by atoms with Gasteiger partial charge in [-0.2, -0.15) is 0 Å². The summed E-state index contributed by atoms with van der Waals surface area (Å²) < 4.78 is 0. The summed E-state index contributed by atoms with van der Waals surface area (Å²) in [4.78, 5) is 42.3. The van der Waals surface area contributed by atoms with Gasteiger partial charge in [-0.25, -0.2) is 0 Å². The minimum atomic E-state index is -0.871. The molecule has 0 saturated carbocycles. The Morgan fingerprint density at radius 2 is 2.03 bits per heavy atom. The summed E-state index contributed by atoms with van der Waals surface area (Å²) in [6.45, 7) is 2.29. The van der Waals surface area contributed by atoms with Crippen LogP contribution < -0.4 is 10.2 Å². The molecule has 1 aliphatic rings. The van der Waals surface area contributed by atoms with Crippen molar-refractivity contribution in [2.45, 2.75) is 19.4 Å². The van der Waals surface area contributed by atoms with Crippen LogP contribution >= 0.6 is 11.6 Å². The number of carbonyl (C=O) groups excluding carboxylic acids is 3. The maximum absolute atomic E-state index is 12.7. The number of ketones is 1. The van der Waals surface area contributed by atoms with Gasteiger partial charge in [0, 0.05) is 23.6 Å². The molecule has 1 atom stereocenters. The Bertz CT molecular complexity index is 1150. The van der Waals surface area contributed by atoms with Crippen LogP contribution in [0.25, 0.3) is 10.9 Å². The van der Waals surface area contributed by atoms with Crippen molar-refractivity contribution in [2.24, 2.45) is 0 Å². The molecule has 0 bridgehead atoms. The molecule has 1 saturated heterocycles. The lowest BCUT2D eigenvalue weighted by molar-refractivity contribution is -0.124. The molecule has 3 N–H and O–H groups in total. The molecular formula is C21H18ClN3O4. The first-order valence-electron chi connectivity index (χ1n) is 9.08. The number of aromatic nitrogens is 1. The fourth-order valence-electron chi connectivity index (χ4n) is 3.53. The summed E-state index contributed by atoms with van der Waals surface area (Å²) in [5.41, 5.74) is 2.32. The molecule has 8 heteroatoms. The Kier molecular flexibility index (Phi) is 4.76. The predicted molar refractivity (Wildman–Crippen MR) is 109 cm³/mol. The number of H-pyrrole nitrogens is 1. The van der Waals surface area contributed by atoms with Crippen molar-refractivity contribution < 1.29 is 19.5 Å². The van der Waals surface area contributed by atoms with Crippen LogP contribution in [0.5, 0.6) is 5.75 Å². The van der Waals surface area contributed by atoms with Crippen LogP contribution in [0.1, 0.15) is 22.3 Å². The molecule has 3 aromatic rings. The topological polar surface area (TPSA) is 102 Å². The third kappa shape index (κ3) is 3.45. The van der Waals surface area contributed by atoms with Gasteiger partial charge in [-0.3, -0.25) is 14.4 Å². The molecule has 0 radical (unpaired) electrons. The van der Waals surface area contributed by atoms with Gasteiger partial charge in [-0.05, 0) is 49.2 Å². The molecule has 1 aliphatic heterocycles. The fourth-order valence-corrected chi connectivity index (χ4v) is 3.86. The van der Waals surface area contributed by atoms with Gasteiger partial charge in [-0.1, -0.05) is 17.7 Å². The number of aryl methyl sites for hydroxylation is 1. The Morgan fingerprint density at radius 3 is 2.79 bits per heavy atom. The predicted octanol–water partition coefficient (Wildman–Crippen LogP) is 2.94. The highest BCUT2D eigenvalue weighted by Crippen LogP contribution is 2.30. The van der Waals surface area contributed by atoms with E-state index in [1.54, 1.807) is 18.2 Å². The first-order chi connectivity index (χ1) is 13.8. The molecule has 7 nitrogen and oxygen atoms in total. The molecule has 1 fully saturated rings. The van der Waals surface area contributed by atoms with E-state index in [0.29, 0.717) is 34.6 Å². The number of anilines is 1. The zero-order chi connectivity index (χ0) is 20.7. The number of nitrogens with one attached hydrogen (secondary N) is 2. The van der Waals surface area contributed by atoms with E-state index in [0.717, 1.165) is 5.56 Å². The maximum atomic E-state index is 12.7. The second-order valence-corrected chi connectivity index (χ2v) is 7.43. The lowest BCUT2D eigenvalue weighted by atomic mass is 10.1. The van der Waals surface area contributed by atoms with Crippen molar-refractivity contribution in [1.82, 2.24) is 10.3 Å². The molecule has 0 spiro atoms. The van der Waals surface area contributed by atoms with E-state index in [9.17, 15) is 19.5 Å². The van der Waals surface area contributed by atoms with E-state index in [1.807, 2.05) is 13.0 Å². The highest BCUT2D eigenvalue weighted by molar-refractivity contribution is 6.45. The first kappa shape index (κ1) is 19.0. The molecule has 2 amide bonds. The zero-order valence-corrected chi connectivity index (χ0v) is 16.3. The van der Waals surface area contributed by atoms with Crippen molar-refractivity contribution >= 4 is 45.8 Å². The normalized spacial score (nSPS) is 16.4. The number of rotatable bonds is 4. The van der Waals surface area contributed by atoms with E-state index >= 15 is 0 Å². The summed E-state index contributed by atoms with van der Waals surface area (Å²) in [5, 5.41) is 13.1. The Hall–Kier alpha value is -3.32. The minimum Gasteiger partial charge on any atom is -0.508 e. The number of hydrogen-bond acceptors (Lipinski definition) is 4. The minimum absolute atomic E-state index is 0.0110. The van der Waals surface area contributed by atoms with Crippen LogP contribution in [-0.4, -0.2) is 40.3 Å². The number of aromatic hydroxyl groups is 1. The summed E-state index contributed by atoms with van der Waals surface area (Å²) in [5.74, 6) is -1.97. The van der Waals surface area contributed by atoms with E-state index in [4.69, 9.17) is 11.6 Å². The average Bonchev–Trinajstić information content (AvgIpc) is 3.25. The highest BCUT2D eigenvalue weighted by Gasteiger charge is 2.36. The lowest BCUT2D eigenvalue weighted by Gasteiger charge is -2.18. The maximum Gasteiger partial charge on any atom is 0.293 e. The van der Waals surface area contributed by atoms with Gasteiger partial charge in [0.15, 0.2) is 0 Å². The third-order valence-corrected chi connectivity index (χ3v) is 5.32. The summed E-state index contributed by atoms with van der Waals surface area (Å²) in [6, 6.07) is 9.10. The number of Topliss-reactive ketones (excluding diaryl/α,β-unsaturated/α-hetero) is 1. The van der Waals surface area contributed by atoms with Crippen molar-refractivity contribution in [1.29, 1.82) is 0 Å². The summed E-state index contributed by atoms with van der Waals surface area (Å²) in [7, 11) is 0. The van der Waals surface area contributed by atoms with Crippen LogP contribution in [0.4, 0.5) is 5.69 Å². The largest absolute Gasteiger partial charge is 0.508 e. The molecule has 29 heavy (non-hydrogen) atoms. The van der Waals surface area contributed by atoms with Gasteiger partial charge < -0.3 is 20.3 Å². The molecule has 1 aromatic heterocycles. The molecule has 148 valence electrons. The van der Waals surface area contributed by atoms with Gasteiger partial charge in [0.05, 0.1) is 16.3 Å². The van der Waals surface area contributed by atoms with E-state index in [1.165, 1.54) is 23.2 Å². The number of aromatic amines is 1. The Morgan fingerprint density at radius 1 is 1.24 bits per heavy atom. The van der Waals surface area contributed by atoms with Crippen molar-refractivity contribution in [2.75, 3.05) is 11.4 Å². The number of benzene rings is 2. The number of nitrogens with zero attached hydrogens (tertiary/aromatic N) is 1. The number of carbonyl (C=O) groups is 3. The number of phenolic OH excluding ortho intramolecular Hbond substituents is 1. The van der Waals surface area contributed by atoms with Crippen LogP contribution in [0, 0.1) is 6.92 Å². The van der Waals surface area contributed by atoms with E-state index in [-0.39, 0.29) is 17.2 Å². The average molecular weight is 412 g/mol. The van der Waals surface area contributed by atoms with Gasteiger partial charge in [-0.15, -0.1) is 0 Å². The quantitative estimate of drug-likeness (QED) is 0.453. The van der Waals surface area contributed by atoms with Gasteiger partial charge in [0.2, 0.25) is 5.91 Å². The molecule has 0 aliphatic carbocycles. The van der Waals surface area contributed by atoms with Crippen LogP contribution in [-0.2, 0) is 9.59 Å². The SMILES string of the molecule is Cc1ccc(N2CCC(NC(=O)C(=O)c3c[nH]c4ccc(O)cc34)C2=O)c(Cl)c1. The smallest absolute Gasteiger partial charge is 0.293 e. The van der Waals surface area contributed by atoms with E-state index < -0.39 is 17.7 Å². The van der Waals surface area contributed by atoms with Crippen molar-refractivity contribution in [3.05, 3.63) is 58.7 Å². The number of amides is 2. The molecular weight excluding hydrogens is 394 g/mol. The van der Waals surface area contributed by atoms with Crippen LogP contribution in [0.2, 0.25) is 5.02 Å². The number of hydrogen-bond donors (Lipinski definition) is 3. The second kappa shape index (κ2) is 7.25. The Balaban J connectivity index is 1.50. The molecule has 2 heterocycles. The summed E-state index contributed by atoms with van der Waals surface area (Å²) in [6.07, 6.45) is 1.79. The molecule has 2 aromatic carbocycles. The number of fused-ring (bicyclic) bond motifs is 1. The van der Waals surface area contributed by atoms with Crippen molar-refractivity contribution in [3.63, 3.8) is 0 Å². The highest BCUT2D eigenvalue weighted by atomic mass is 35.5. The van der Waals surface area contributed by atoms with Crippen molar-refractivity contribution in [3.8, 4) is 5.75 Å². The number of phenols is 1. The van der Waals surface area contributed by atoms with E-state index in [2.05, 4.69) is 10.3 Å².